The van der Waals surface area contributed by atoms with E-state index in [4.69, 9.17) is 0 Å². The van der Waals surface area contributed by atoms with Gasteiger partial charge in [0.1, 0.15) is 0 Å². The first-order valence-corrected chi connectivity index (χ1v) is 7.49. The molecule has 100 valence electrons. The number of thioether (sulfide) groups is 1. The molecule has 1 heterocycles. The Balaban J connectivity index is 2.76. The third-order valence-corrected chi connectivity index (χ3v) is 3.85. The number of hydrogen-bond acceptors (Lipinski definition) is 2. The normalized spacial score (nSPS) is 13.2. The Morgan fingerprint density at radius 1 is 1.17 bits per heavy atom. The summed E-state index contributed by atoms with van der Waals surface area (Å²) in [7, 11) is 0. The predicted octanol–water partition coefficient (Wildman–Crippen LogP) is 5.13. The van der Waals surface area contributed by atoms with E-state index in [-0.39, 0.29) is 5.41 Å². The Morgan fingerprint density at radius 2 is 1.83 bits per heavy atom. The van der Waals surface area contributed by atoms with E-state index in [0.29, 0.717) is 5.41 Å². The van der Waals surface area contributed by atoms with Gasteiger partial charge in [-0.25, -0.2) is 0 Å². The molecule has 0 amide bonds. The van der Waals surface area contributed by atoms with Gasteiger partial charge in [-0.3, -0.25) is 4.98 Å². The zero-order chi connectivity index (χ0) is 13.8. The van der Waals surface area contributed by atoms with E-state index in [1.54, 1.807) is 0 Å². The van der Waals surface area contributed by atoms with Gasteiger partial charge >= 0.3 is 0 Å². The summed E-state index contributed by atoms with van der Waals surface area (Å²) in [6.07, 6.45) is 4.00. The second-order valence-corrected chi connectivity index (χ2v) is 7.75. The molecular weight excluding hydrogens is 238 g/mol. The molecule has 0 bridgehead atoms. The predicted molar refractivity (Wildman–Crippen MR) is 83.9 cm³/mol. The third-order valence-electron chi connectivity index (χ3n) is 2.49. The summed E-state index contributed by atoms with van der Waals surface area (Å²) < 4.78 is 0. The van der Waals surface area contributed by atoms with Crippen molar-refractivity contribution in [3.63, 3.8) is 0 Å². The van der Waals surface area contributed by atoms with Crippen molar-refractivity contribution in [2.24, 2.45) is 5.41 Å². The van der Waals surface area contributed by atoms with E-state index < -0.39 is 0 Å². The molecule has 0 saturated carbocycles. The molecule has 1 nitrogen and oxygen atoms in total. The Morgan fingerprint density at radius 3 is 2.39 bits per heavy atom. The number of pyridine rings is 1. The lowest BCUT2D eigenvalue weighted by Gasteiger charge is -2.20. The lowest BCUT2D eigenvalue weighted by atomic mass is 9.86. The Kier molecular flexibility index (Phi) is 5.03. The zero-order valence-corrected chi connectivity index (χ0v) is 13.3. The van der Waals surface area contributed by atoms with E-state index in [1.165, 1.54) is 5.56 Å². The molecule has 0 aliphatic rings. The molecule has 0 unspecified atom stereocenters. The van der Waals surface area contributed by atoms with Crippen LogP contribution in [0.25, 0.3) is 6.08 Å². The van der Waals surface area contributed by atoms with Crippen LogP contribution in [0.3, 0.4) is 0 Å². The van der Waals surface area contributed by atoms with Gasteiger partial charge in [0.05, 0.1) is 5.69 Å². The minimum Gasteiger partial charge on any atom is -0.257 e. The fourth-order valence-corrected chi connectivity index (χ4v) is 2.42. The van der Waals surface area contributed by atoms with Gasteiger partial charge in [0.25, 0.3) is 0 Å². The van der Waals surface area contributed by atoms with Crippen molar-refractivity contribution < 1.29 is 0 Å². The monoisotopic (exact) mass is 263 g/mol. The maximum Gasteiger partial charge on any atom is 0.0672 e. The van der Waals surface area contributed by atoms with Gasteiger partial charge in [0, 0.05) is 11.9 Å². The van der Waals surface area contributed by atoms with E-state index >= 15 is 0 Å². The summed E-state index contributed by atoms with van der Waals surface area (Å²) in [6, 6.07) is 4.18. The Bertz CT molecular complexity index is 408. The Labute approximate surface area is 116 Å². The first-order chi connectivity index (χ1) is 8.20. The first kappa shape index (κ1) is 15.3. The molecule has 1 aromatic heterocycles. The van der Waals surface area contributed by atoms with Crippen molar-refractivity contribution in [2.45, 2.75) is 47.0 Å². The van der Waals surface area contributed by atoms with Crippen molar-refractivity contribution in [1.82, 2.24) is 4.98 Å². The van der Waals surface area contributed by atoms with Gasteiger partial charge in [0.2, 0.25) is 0 Å². The SMILES string of the molecule is CC(C)(C)CS/C=C/c1ncccc1C(C)(C)C. The van der Waals surface area contributed by atoms with Crippen molar-refractivity contribution >= 4 is 17.8 Å². The van der Waals surface area contributed by atoms with Crippen LogP contribution in [0.5, 0.6) is 0 Å². The smallest absolute Gasteiger partial charge is 0.0672 e. The average molecular weight is 263 g/mol. The van der Waals surface area contributed by atoms with Gasteiger partial charge in [-0.05, 0) is 33.9 Å². The molecule has 0 radical (unpaired) electrons. The number of nitrogens with zero attached hydrogens (tertiary/aromatic N) is 1. The second-order valence-electron chi connectivity index (χ2n) is 6.86. The highest BCUT2D eigenvalue weighted by Gasteiger charge is 2.17. The van der Waals surface area contributed by atoms with E-state index in [2.05, 4.69) is 64.1 Å². The van der Waals surface area contributed by atoms with Crippen LogP contribution in [0.15, 0.2) is 23.7 Å². The minimum absolute atomic E-state index is 0.141. The molecule has 0 N–H and O–H groups in total. The molecule has 0 aliphatic heterocycles. The van der Waals surface area contributed by atoms with E-state index in [0.717, 1.165) is 11.4 Å². The van der Waals surface area contributed by atoms with Crippen LogP contribution in [0.1, 0.15) is 52.8 Å². The molecule has 0 atom stereocenters. The minimum atomic E-state index is 0.141. The number of hydrogen-bond donors (Lipinski definition) is 0. The van der Waals surface area contributed by atoms with Crippen LogP contribution in [-0.4, -0.2) is 10.7 Å². The first-order valence-electron chi connectivity index (χ1n) is 6.44. The summed E-state index contributed by atoms with van der Waals surface area (Å²) in [4.78, 5) is 4.48. The summed E-state index contributed by atoms with van der Waals surface area (Å²) in [5, 5.41) is 2.17. The fourth-order valence-electron chi connectivity index (χ4n) is 1.60. The highest BCUT2D eigenvalue weighted by atomic mass is 32.2. The van der Waals surface area contributed by atoms with Crippen molar-refractivity contribution in [3.05, 3.63) is 35.0 Å². The highest BCUT2D eigenvalue weighted by Crippen LogP contribution is 2.26. The molecule has 0 spiro atoms. The van der Waals surface area contributed by atoms with Crippen LogP contribution in [0, 0.1) is 5.41 Å². The van der Waals surface area contributed by atoms with E-state index in [9.17, 15) is 0 Å². The van der Waals surface area contributed by atoms with Crippen molar-refractivity contribution in [3.8, 4) is 0 Å². The zero-order valence-electron chi connectivity index (χ0n) is 12.4. The van der Waals surface area contributed by atoms with Crippen molar-refractivity contribution in [1.29, 1.82) is 0 Å². The van der Waals surface area contributed by atoms with Crippen LogP contribution >= 0.6 is 11.8 Å². The quantitative estimate of drug-likeness (QED) is 0.750. The lowest BCUT2D eigenvalue weighted by Crippen LogP contribution is -2.13. The summed E-state index contributed by atoms with van der Waals surface area (Å²) in [5.74, 6) is 1.13. The molecule has 0 aliphatic carbocycles. The standard InChI is InChI=1S/C16H25NS/c1-15(2,3)12-18-11-9-14-13(16(4,5)6)8-7-10-17-14/h7-11H,12H2,1-6H3/b11-9+. The van der Waals surface area contributed by atoms with E-state index in [1.807, 2.05) is 24.0 Å². The van der Waals surface area contributed by atoms with Crippen LogP contribution < -0.4 is 0 Å². The van der Waals surface area contributed by atoms with Gasteiger partial charge in [-0.1, -0.05) is 47.6 Å². The molecule has 1 rings (SSSR count). The van der Waals surface area contributed by atoms with Crippen LogP contribution in [0.4, 0.5) is 0 Å². The van der Waals surface area contributed by atoms with Crippen LogP contribution in [-0.2, 0) is 5.41 Å². The largest absolute Gasteiger partial charge is 0.257 e. The third kappa shape index (κ3) is 5.26. The average Bonchev–Trinajstić information content (AvgIpc) is 2.22. The number of aromatic nitrogens is 1. The molecule has 0 fully saturated rings. The molecule has 2 heteroatoms. The highest BCUT2D eigenvalue weighted by molar-refractivity contribution is 8.02. The van der Waals surface area contributed by atoms with Gasteiger partial charge in [-0.2, -0.15) is 0 Å². The summed E-state index contributed by atoms with van der Waals surface area (Å²) in [6.45, 7) is 13.5. The second kappa shape index (κ2) is 5.92. The summed E-state index contributed by atoms with van der Waals surface area (Å²) in [5.41, 5.74) is 2.90. The van der Waals surface area contributed by atoms with Gasteiger partial charge in [0.15, 0.2) is 0 Å². The topological polar surface area (TPSA) is 12.9 Å². The lowest BCUT2D eigenvalue weighted by molar-refractivity contribution is 0.481. The molecule has 1 aromatic rings. The van der Waals surface area contributed by atoms with Crippen molar-refractivity contribution in [2.75, 3.05) is 5.75 Å². The fraction of sp³-hybridized carbons (Fsp3) is 0.562. The van der Waals surface area contributed by atoms with Gasteiger partial charge in [-0.15, -0.1) is 11.8 Å². The molecule has 18 heavy (non-hydrogen) atoms. The summed E-state index contributed by atoms with van der Waals surface area (Å²) >= 11 is 1.85. The van der Waals surface area contributed by atoms with Gasteiger partial charge < -0.3 is 0 Å². The molecule has 0 saturated heterocycles. The maximum absolute atomic E-state index is 4.48. The maximum atomic E-state index is 4.48. The Hall–Kier alpha value is -0.760. The molecule has 0 aromatic carbocycles. The molecular formula is C16H25NS. The van der Waals surface area contributed by atoms with Crippen LogP contribution in [0.2, 0.25) is 0 Å². The number of rotatable bonds is 3.